The summed E-state index contributed by atoms with van der Waals surface area (Å²) in [6.07, 6.45) is 0. The van der Waals surface area contributed by atoms with E-state index in [0.29, 0.717) is 5.75 Å². The van der Waals surface area contributed by atoms with Gasteiger partial charge in [-0.1, -0.05) is 78.4 Å². The molecule has 5 rings (SSSR count). The molecular weight excluding hydrogens is 562 g/mol. The van der Waals surface area contributed by atoms with Crippen LogP contribution in [0.1, 0.15) is 5.56 Å². The van der Waals surface area contributed by atoms with E-state index < -0.39 is 15.6 Å². The van der Waals surface area contributed by atoms with Gasteiger partial charge in [-0.2, -0.15) is 9.13 Å². The van der Waals surface area contributed by atoms with Crippen LogP contribution >= 0.6 is 15.6 Å². The van der Waals surface area contributed by atoms with E-state index in [1.807, 2.05) is 19.1 Å². The van der Waals surface area contributed by atoms with Crippen LogP contribution in [-0.2, 0) is 9.13 Å². The summed E-state index contributed by atoms with van der Waals surface area (Å²) in [7, 11) is -8.53. The topological polar surface area (TPSA) is 89.5 Å². The fourth-order valence-corrected chi connectivity index (χ4v) is 6.00. The molecule has 0 bridgehead atoms. The second-order valence-electron chi connectivity index (χ2n) is 8.67. The van der Waals surface area contributed by atoms with Gasteiger partial charge in [-0.25, -0.2) is 0 Å². The summed E-state index contributed by atoms with van der Waals surface area (Å²) in [5, 5.41) is 0. The number of hydrogen-bond acceptors (Lipinski definition) is 8. The molecule has 0 saturated carbocycles. The van der Waals surface area contributed by atoms with Crippen molar-refractivity contribution in [1.82, 2.24) is 0 Å². The van der Waals surface area contributed by atoms with Gasteiger partial charge in [0.25, 0.3) is 0 Å². The average molecular weight is 588 g/mol. The van der Waals surface area contributed by atoms with Crippen LogP contribution in [0.2, 0.25) is 0 Å². The number of aryl methyl sites for hydroxylation is 1. The number of benzene rings is 5. The highest BCUT2D eigenvalue weighted by Crippen LogP contribution is 2.52. The molecule has 0 aliphatic heterocycles. The average Bonchev–Trinajstić information content (AvgIpc) is 2.96. The van der Waals surface area contributed by atoms with E-state index in [4.69, 9.17) is 27.1 Å². The lowest BCUT2D eigenvalue weighted by atomic mass is 10.2. The van der Waals surface area contributed by atoms with Gasteiger partial charge in [0.2, 0.25) is 0 Å². The summed E-state index contributed by atoms with van der Waals surface area (Å²) in [5.41, 5.74) is 1.00. The van der Waals surface area contributed by atoms with Gasteiger partial charge in [0.1, 0.15) is 34.5 Å². The molecule has 0 radical (unpaired) electrons. The second-order valence-corrected chi connectivity index (χ2v) is 11.6. The molecule has 0 amide bonds. The summed E-state index contributed by atoms with van der Waals surface area (Å²) in [5.74, 6) is 1.28. The van der Waals surface area contributed by atoms with Crippen molar-refractivity contribution in [3.63, 3.8) is 0 Å². The summed E-state index contributed by atoms with van der Waals surface area (Å²) < 4.78 is 62.1. The minimum Gasteiger partial charge on any atom is -0.386 e. The number of phosphoric acid groups is 2. The van der Waals surface area contributed by atoms with Gasteiger partial charge in [0.15, 0.2) is 0 Å². The van der Waals surface area contributed by atoms with Crippen molar-refractivity contribution >= 4 is 15.6 Å². The van der Waals surface area contributed by atoms with Crippen molar-refractivity contribution in [2.24, 2.45) is 0 Å². The molecule has 0 saturated heterocycles. The predicted octanol–water partition coefficient (Wildman–Crippen LogP) is 9.28. The lowest BCUT2D eigenvalue weighted by molar-refractivity contribution is 0.295. The van der Waals surface area contributed by atoms with Crippen LogP contribution in [0.15, 0.2) is 140 Å². The van der Waals surface area contributed by atoms with E-state index in [0.717, 1.165) is 5.56 Å². The zero-order valence-corrected chi connectivity index (χ0v) is 23.7. The Morgan fingerprint density at radius 2 is 0.659 bits per heavy atom. The van der Waals surface area contributed by atoms with Crippen LogP contribution in [0.5, 0.6) is 34.5 Å². The van der Waals surface area contributed by atoms with Gasteiger partial charge in [-0.3, -0.25) is 0 Å². The maximum atomic E-state index is 13.9. The van der Waals surface area contributed by atoms with Gasteiger partial charge in [0.05, 0.1) is 0 Å². The lowest BCUT2D eigenvalue weighted by Crippen LogP contribution is -2.09. The third-order valence-corrected chi connectivity index (χ3v) is 7.97. The monoisotopic (exact) mass is 588 g/mol. The Hall–Kier alpha value is -4.64. The summed E-state index contributed by atoms with van der Waals surface area (Å²) in [4.78, 5) is 0. The maximum Gasteiger partial charge on any atom is 0.647 e. The Balaban J connectivity index is 1.41. The first kappa shape index (κ1) is 27.9. The van der Waals surface area contributed by atoms with Crippen molar-refractivity contribution in [3.8, 4) is 34.5 Å². The lowest BCUT2D eigenvalue weighted by Gasteiger charge is -2.21. The maximum absolute atomic E-state index is 13.9. The highest BCUT2D eigenvalue weighted by atomic mass is 31.2. The Labute approximate surface area is 238 Å². The first-order chi connectivity index (χ1) is 19.9. The molecule has 0 spiro atoms. The Morgan fingerprint density at radius 3 is 1.02 bits per heavy atom. The van der Waals surface area contributed by atoms with E-state index in [9.17, 15) is 9.13 Å². The molecule has 41 heavy (non-hydrogen) atoms. The molecule has 208 valence electrons. The number of para-hydroxylation sites is 3. The van der Waals surface area contributed by atoms with Crippen molar-refractivity contribution in [2.45, 2.75) is 6.92 Å². The zero-order chi connectivity index (χ0) is 28.5. The molecule has 0 fully saturated rings. The Morgan fingerprint density at radius 1 is 0.366 bits per heavy atom. The quantitative estimate of drug-likeness (QED) is 0.133. The van der Waals surface area contributed by atoms with Crippen LogP contribution in [0.4, 0.5) is 0 Å². The van der Waals surface area contributed by atoms with Crippen LogP contribution in [0.3, 0.4) is 0 Å². The van der Waals surface area contributed by atoms with Gasteiger partial charge in [0, 0.05) is 6.07 Å². The van der Waals surface area contributed by atoms with E-state index in [-0.39, 0.29) is 28.7 Å². The smallest absolute Gasteiger partial charge is 0.386 e. The molecule has 5 aromatic carbocycles. The van der Waals surface area contributed by atoms with Crippen LogP contribution in [0.25, 0.3) is 0 Å². The van der Waals surface area contributed by atoms with E-state index in [1.54, 1.807) is 109 Å². The first-order valence-electron chi connectivity index (χ1n) is 12.6. The van der Waals surface area contributed by atoms with Crippen molar-refractivity contribution in [3.05, 3.63) is 145 Å². The highest BCUT2D eigenvalue weighted by Gasteiger charge is 2.35. The van der Waals surface area contributed by atoms with Gasteiger partial charge < -0.3 is 27.1 Å². The minimum atomic E-state index is -4.27. The number of hydrogen-bond donors (Lipinski definition) is 0. The normalized spacial score (nSPS) is 12.4. The van der Waals surface area contributed by atoms with Gasteiger partial charge in [-0.05, 0) is 67.6 Å². The molecule has 0 N–H and O–H groups in total. The Bertz CT molecular complexity index is 1600. The van der Waals surface area contributed by atoms with Crippen LogP contribution in [-0.4, -0.2) is 0 Å². The number of phosphoric ester groups is 2. The molecule has 0 heterocycles. The molecule has 8 nitrogen and oxygen atoms in total. The molecule has 1 unspecified atom stereocenters. The summed E-state index contributed by atoms with van der Waals surface area (Å²) in [6, 6.07) is 38.5. The van der Waals surface area contributed by atoms with Crippen molar-refractivity contribution in [2.75, 3.05) is 0 Å². The number of rotatable bonds is 12. The molecular formula is C31H26O8P2. The second kappa shape index (κ2) is 12.7. The Kier molecular flexibility index (Phi) is 8.64. The van der Waals surface area contributed by atoms with Gasteiger partial charge >= 0.3 is 15.6 Å². The molecule has 0 aromatic heterocycles. The fourth-order valence-electron chi connectivity index (χ4n) is 3.52. The predicted molar refractivity (Wildman–Crippen MR) is 156 cm³/mol. The molecule has 0 aliphatic carbocycles. The van der Waals surface area contributed by atoms with Gasteiger partial charge in [-0.15, -0.1) is 0 Å². The third kappa shape index (κ3) is 8.18. The van der Waals surface area contributed by atoms with E-state index in [1.165, 1.54) is 18.2 Å². The van der Waals surface area contributed by atoms with Crippen molar-refractivity contribution in [1.29, 1.82) is 0 Å². The molecule has 10 heteroatoms. The van der Waals surface area contributed by atoms with Crippen LogP contribution < -0.4 is 27.1 Å². The van der Waals surface area contributed by atoms with E-state index in [2.05, 4.69) is 0 Å². The standard InChI is InChI=1S/C31H26O8P2/c1-25-20-22-29(23-21-25)37-41(33,36-28-16-9-4-10-17-28)39-31-19-11-18-30(24-31)38-40(32,34-26-12-5-2-6-13-26)35-27-14-7-3-8-15-27/h2-24H,1H3. The highest BCUT2D eigenvalue weighted by molar-refractivity contribution is 7.50. The molecule has 5 aromatic rings. The van der Waals surface area contributed by atoms with Crippen LogP contribution in [0, 0.1) is 6.92 Å². The SMILES string of the molecule is Cc1ccc(OP(=O)(Oc2ccccc2)Oc2cccc(OP(=O)(Oc3ccccc3)Oc3ccccc3)c2)cc1. The van der Waals surface area contributed by atoms with E-state index >= 15 is 0 Å². The summed E-state index contributed by atoms with van der Waals surface area (Å²) >= 11 is 0. The summed E-state index contributed by atoms with van der Waals surface area (Å²) in [6.45, 7) is 1.92. The fraction of sp³-hybridized carbons (Fsp3) is 0.0323. The minimum absolute atomic E-state index is 0.0688. The zero-order valence-electron chi connectivity index (χ0n) is 21.9. The molecule has 0 aliphatic rings. The largest absolute Gasteiger partial charge is 0.647 e. The first-order valence-corrected chi connectivity index (χ1v) is 15.5. The third-order valence-electron chi connectivity index (χ3n) is 5.36. The molecule has 1 atom stereocenters. The van der Waals surface area contributed by atoms with Crippen molar-refractivity contribution < 1.29 is 36.3 Å².